The van der Waals surface area contributed by atoms with Gasteiger partial charge in [0.15, 0.2) is 0 Å². The first kappa shape index (κ1) is 17.1. The van der Waals surface area contributed by atoms with Crippen LogP contribution in [-0.4, -0.2) is 37.1 Å². The van der Waals surface area contributed by atoms with Crippen LogP contribution in [0.25, 0.3) is 0 Å². The number of nitrogens with zero attached hydrogens (tertiary/aromatic N) is 3. The third-order valence-corrected chi connectivity index (χ3v) is 4.08. The van der Waals surface area contributed by atoms with Gasteiger partial charge in [-0.15, -0.1) is 0 Å². The quantitative estimate of drug-likeness (QED) is 0.924. The molecule has 1 aliphatic rings. The predicted molar refractivity (Wildman–Crippen MR) is 87.5 cm³/mol. The summed E-state index contributed by atoms with van der Waals surface area (Å²) in [5, 5.41) is 0. The third kappa shape index (κ3) is 3.84. The lowest BCUT2D eigenvalue weighted by molar-refractivity contribution is -0.137. The molecular weight excluding hydrogens is 333 g/mol. The van der Waals surface area contributed by atoms with Crippen LogP contribution in [0.15, 0.2) is 36.4 Å². The van der Waals surface area contributed by atoms with Crippen molar-refractivity contribution >= 4 is 17.4 Å². The van der Waals surface area contributed by atoms with E-state index in [4.69, 9.17) is 5.73 Å². The summed E-state index contributed by atoms with van der Waals surface area (Å²) >= 11 is 0. The molecule has 5 nitrogen and oxygen atoms in total. The minimum absolute atomic E-state index is 0.0858. The molecule has 1 aromatic heterocycles. The Bertz CT molecular complexity index is 753. The molecule has 0 bridgehead atoms. The Labute approximate surface area is 142 Å². The molecule has 131 valence electrons. The molecule has 1 fully saturated rings. The largest absolute Gasteiger partial charge is 0.416 e. The van der Waals surface area contributed by atoms with Gasteiger partial charge in [-0.2, -0.15) is 13.2 Å². The zero-order valence-corrected chi connectivity index (χ0v) is 13.3. The zero-order valence-electron chi connectivity index (χ0n) is 13.3. The Hall–Kier alpha value is -2.77. The number of primary amides is 1. The summed E-state index contributed by atoms with van der Waals surface area (Å²) in [4.78, 5) is 19.4. The van der Waals surface area contributed by atoms with Crippen molar-refractivity contribution in [2.45, 2.75) is 6.18 Å². The fourth-order valence-corrected chi connectivity index (χ4v) is 2.74. The van der Waals surface area contributed by atoms with E-state index >= 15 is 0 Å². The lowest BCUT2D eigenvalue weighted by Gasteiger charge is -2.36. The highest BCUT2D eigenvalue weighted by Crippen LogP contribution is 2.30. The van der Waals surface area contributed by atoms with Gasteiger partial charge in [0, 0.05) is 37.9 Å². The topological polar surface area (TPSA) is 62.5 Å². The number of carbonyl (C=O) groups is 1. The van der Waals surface area contributed by atoms with Gasteiger partial charge in [0.2, 0.25) is 0 Å². The number of amides is 1. The number of piperazine rings is 1. The van der Waals surface area contributed by atoms with Gasteiger partial charge in [-0.25, -0.2) is 4.98 Å². The number of hydrogen-bond donors (Lipinski definition) is 1. The molecule has 1 saturated heterocycles. The van der Waals surface area contributed by atoms with E-state index in [1.54, 1.807) is 12.1 Å². The molecule has 1 aliphatic heterocycles. The highest BCUT2D eigenvalue weighted by atomic mass is 19.4. The van der Waals surface area contributed by atoms with Crippen LogP contribution in [0.3, 0.4) is 0 Å². The number of aromatic nitrogens is 1. The van der Waals surface area contributed by atoms with Gasteiger partial charge >= 0.3 is 6.18 Å². The number of benzene rings is 1. The number of anilines is 2. The minimum atomic E-state index is -4.33. The number of rotatable bonds is 3. The van der Waals surface area contributed by atoms with E-state index in [1.807, 2.05) is 9.80 Å². The Balaban J connectivity index is 1.66. The van der Waals surface area contributed by atoms with Crippen molar-refractivity contribution in [3.63, 3.8) is 0 Å². The van der Waals surface area contributed by atoms with Crippen LogP contribution in [0, 0.1) is 6.07 Å². The van der Waals surface area contributed by atoms with Crippen molar-refractivity contribution < 1.29 is 18.0 Å². The highest BCUT2D eigenvalue weighted by Gasteiger charge is 2.30. The summed E-state index contributed by atoms with van der Waals surface area (Å²) in [6.07, 6.45) is -4.33. The second-order valence-corrected chi connectivity index (χ2v) is 5.68. The number of alkyl halides is 3. The van der Waals surface area contributed by atoms with Crippen molar-refractivity contribution in [1.29, 1.82) is 0 Å². The molecule has 0 aliphatic carbocycles. The monoisotopic (exact) mass is 349 g/mol. The highest BCUT2D eigenvalue weighted by molar-refractivity contribution is 5.90. The van der Waals surface area contributed by atoms with Gasteiger partial charge in [-0.1, -0.05) is 0 Å². The maximum atomic E-state index is 12.6. The Morgan fingerprint density at radius 1 is 1.04 bits per heavy atom. The number of hydrogen-bond acceptors (Lipinski definition) is 4. The molecule has 3 rings (SSSR count). The van der Waals surface area contributed by atoms with Gasteiger partial charge < -0.3 is 15.5 Å². The van der Waals surface area contributed by atoms with Gasteiger partial charge in [0.05, 0.1) is 5.56 Å². The van der Waals surface area contributed by atoms with Gasteiger partial charge in [-0.3, -0.25) is 4.79 Å². The average molecular weight is 349 g/mol. The summed E-state index contributed by atoms with van der Waals surface area (Å²) in [6.45, 7) is 2.54. The third-order valence-electron chi connectivity index (χ3n) is 4.08. The molecule has 8 heteroatoms. The lowest BCUT2D eigenvalue weighted by atomic mass is 10.1. The number of carbonyl (C=O) groups excluding carboxylic acids is 1. The average Bonchev–Trinajstić information content (AvgIpc) is 2.61. The van der Waals surface area contributed by atoms with Crippen LogP contribution in [0.2, 0.25) is 0 Å². The molecule has 2 aromatic rings. The first-order valence-corrected chi connectivity index (χ1v) is 7.70. The lowest BCUT2D eigenvalue weighted by Crippen LogP contribution is -2.47. The standard InChI is InChI=1S/C17H16F3N4O/c18-17(19,20)12-4-6-13(7-5-12)23-8-10-24(11-9-23)15-3-1-2-14(22-15)16(21)25/h1,3-7H,8-11H2,(H2,21,25). The molecule has 1 radical (unpaired) electrons. The van der Waals surface area contributed by atoms with Crippen molar-refractivity contribution in [3.8, 4) is 0 Å². The van der Waals surface area contributed by atoms with Crippen LogP contribution in [0.4, 0.5) is 24.7 Å². The summed E-state index contributed by atoms with van der Waals surface area (Å²) in [5.41, 5.74) is 5.40. The Morgan fingerprint density at radius 2 is 1.64 bits per heavy atom. The Morgan fingerprint density at radius 3 is 2.20 bits per heavy atom. The van der Waals surface area contributed by atoms with Crippen LogP contribution in [0.5, 0.6) is 0 Å². The smallest absolute Gasteiger partial charge is 0.368 e. The van der Waals surface area contributed by atoms with E-state index in [1.165, 1.54) is 12.1 Å². The van der Waals surface area contributed by atoms with E-state index in [0.717, 1.165) is 17.8 Å². The fraction of sp³-hybridized carbons (Fsp3) is 0.294. The fourth-order valence-electron chi connectivity index (χ4n) is 2.74. The van der Waals surface area contributed by atoms with Crippen molar-refractivity contribution in [1.82, 2.24) is 4.98 Å². The molecular formula is C17H16F3N4O. The molecule has 0 saturated carbocycles. The minimum Gasteiger partial charge on any atom is -0.368 e. The summed E-state index contributed by atoms with van der Waals surface area (Å²) in [5.74, 6) is 0.00450. The van der Waals surface area contributed by atoms with Crippen molar-refractivity contribution in [2.24, 2.45) is 5.73 Å². The molecule has 0 atom stereocenters. The second kappa shape index (κ2) is 6.62. The van der Waals surface area contributed by atoms with Crippen LogP contribution >= 0.6 is 0 Å². The first-order chi connectivity index (χ1) is 11.8. The van der Waals surface area contributed by atoms with Crippen molar-refractivity contribution in [3.05, 3.63) is 53.7 Å². The van der Waals surface area contributed by atoms with E-state index < -0.39 is 17.6 Å². The van der Waals surface area contributed by atoms with Crippen LogP contribution < -0.4 is 15.5 Å². The normalized spacial score (nSPS) is 15.3. The Kier molecular flexibility index (Phi) is 4.52. The predicted octanol–water partition coefficient (Wildman–Crippen LogP) is 2.33. The van der Waals surface area contributed by atoms with Gasteiger partial charge in [-0.05, 0) is 36.4 Å². The number of pyridine rings is 1. The molecule has 2 heterocycles. The van der Waals surface area contributed by atoms with E-state index in [0.29, 0.717) is 32.0 Å². The van der Waals surface area contributed by atoms with Crippen LogP contribution in [-0.2, 0) is 6.18 Å². The zero-order chi connectivity index (χ0) is 18.0. The molecule has 1 amide bonds. The number of nitrogens with two attached hydrogens (primary N) is 1. The molecule has 0 spiro atoms. The summed E-state index contributed by atoms with van der Waals surface area (Å²) in [7, 11) is 0. The molecule has 1 aromatic carbocycles. The second-order valence-electron chi connectivity index (χ2n) is 5.68. The van der Waals surface area contributed by atoms with E-state index in [2.05, 4.69) is 11.1 Å². The van der Waals surface area contributed by atoms with Gasteiger partial charge in [0.25, 0.3) is 5.91 Å². The first-order valence-electron chi connectivity index (χ1n) is 7.70. The number of halogens is 3. The van der Waals surface area contributed by atoms with Crippen LogP contribution in [0.1, 0.15) is 16.1 Å². The van der Waals surface area contributed by atoms with Gasteiger partial charge in [0.1, 0.15) is 11.5 Å². The maximum Gasteiger partial charge on any atom is 0.416 e. The summed E-state index contributed by atoms with van der Waals surface area (Å²) < 4.78 is 37.9. The summed E-state index contributed by atoms with van der Waals surface area (Å²) in [6, 6.07) is 11.2. The van der Waals surface area contributed by atoms with E-state index in [-0.39, 0.29) is 5.69 Å². The van der Waals surface area contributed by atoms with Crippen molar-refractivity contribution in [2.75, 3.05) is 36.0 Å². The molecule has 25 heavy (non-hydrogen) atoms. The molecule has 0 unspecified atom stereocenters. The molecule has 2 N–H and O–H groups in total. The maximum absolute atomic E-state index is 12.6. The van der Waals surface area contributed by atoms with E-state index in [9.17, 15) is 18.0 Å². The SMILES string of the molecule is NC(=O)c1[c]ccc(N2CCN(c3ccc(C(F)(F)F)cc3)CC2)n1.